The van der Waals surface area contributed by atoms with Gasteiger partial charge in [0.05, 0.1) is 0 Å². The third-order valence-electron chi connectivity index (χ3n) is 7.89. The lowest BCUT2D eigenvalue weighted by atomic mass is 9.94. The van der Waals surface area contributed by atoms with Crippen LogP contribution in [-0.4, -0.2) is 77.2 Å². The van der Waals surface area contributed by atoms with Gasteiger partial charge >= 0.3 is 0 Å². The lowest BCUT2D eigenvalue weighted by molar-refractivity contribution is -0.136. The van der Waals surface area contributed by atoms with Crippen molar-refractivity contribution >= 4 is 17.7 Å². The normalized spacial score (nSPS) is 26.0. The molecule has 1 unspecified atom stereocenters. The van der Waals surface area contributed by atoms with Gasteiger partial charge in [-0.05, 0) is 75.3 Å². The maximum atomic E-state index is 13.3. The number of imide groups is 1. The number of hydrogen-bond acceptors (Lipinski definition) is 6. The Bertz CT molecular complexity index is 919. The Hall–Kier alpha value is -2.29. The summed E-state index contributed by atoms with van der Waals surface area (Å²) in [6.45, 7) is 6.74. The minimum Gasteiger partial charge on any atom is -0.328 e. The van der Waals surface area contributed by atoms with Crippen molar-refractivity contribution in [3.8, 4) is 0 Å². The molecule has 0 aliphatic carbocycles. The molecule has 0 radical (unpaired) electrons. The first-order chi connectivity index (χ1) is 16.0. The molecule has 0 spiro atoms. The molecule has 1 aromatic rings. The predicted octanol–water partition coefficient (Wildman–Crippen LogP) is 1.08. The van der Waals surface area contributed by atoms with Gasteiger partial charge in [0.25, 0.3) is 5.91 Å². The molecule has 3 N–H and O–H groups in total. The van der Waals surface area contributed by atoms with Crippen molar-refractivity contribution in [2.24, 2.45) is 11.7 Å². The van der Waals surface area contributed by atoms with Gasteiger partial charge in [0.15, 0.2) is 0 Å². The Kier molecular flexibility index (Phi) is 6.49. The van der Waals surface area contributed by atoms with Crippen LogP contribution in [0.4, 0.5) is 0 Å². The molecule has 3 fully saturated rings. The second-order valence-electron chi connectivity index (χ2n) is 10.2. The molecule has 178 valence electrons. The number of amides is 3. The van der Waals surface area contributed by atoms with Crippen LogP contribution in [-0.2, 0) is 22.7 Å². The van der Waals surface area contributed by atoms with E-state index in [2.05, 4.69) is 15.1 Å². The molecule has 8 nitrogen and oxygen atoms in total. The monoisotopic (exact) mass is 453 g/mol. The first kappa shape index (κ1) is 22.5. The lowest BCUT2D eigenvalue weighted by Crippen LogP contribution is -2.52. The molecule has 3 saturated heterocycles. The first-order valence-electron chi connectivity index (χ1n) is 12.4. The zero-order chi connectivity index (χ0) is 22.9. The molecule has 4 heterocycles. The molecule has 0 aromatic heterocycles. The van der Waals surface area contributed by atoms with Gasteiger partial charge in [0.2, 0.25) is 11.8 Å². The van der Waals surface area contributed by atoms with Crippen LogP contribution in [0.25, 0.3) is 0 Å². The molecule has 8 heteroatoms. The molecule has 4 aliphatic heterocycles. The number of nitrogens with zero attached hydrogens (tertiary/aromatic N) is 3. The van der Waals surface area contributed by atoms with Gasteiger partial charge in [-0.15, -0.1) is 0 Å². The van der Waals surface area contributed by atoms with Gasteiger partial charge < -0.3 is 15.5 Å². The second-order valence-corrected chi connectivity index (χ2v) is 10.2. The van der Waals surface area contributed by atoms with E-state index >= 15 is 0 Å². The minimum absolute atomic E-state index is 0.0757. The van der Waals surface area contributed by atoms with Crippen molar-refractivity contribution in [1.82, 2.24) is 20.0 Å². The second kappa shape index (κ2) is 9.52. The van der Waals surface area contributed by atoms with Crippen molar-refractivity contribution in [3.05, 3.63) is 34.9 Å². The lowest BCUT2D eigenvalue weighted by Gasteiger charge is -2.37. The summed E-state index contributed by atoms with van der Waals surface area (Å²) < 4.78 is 0. The van der Waals surface area contributed by atoms with E-state index in [1.807, 2.05) is 18.2 Å². The fraction of sp³-hybridized carbons (Fsp3) is 0.640. The highest BCUT2D eigenvalue weighted by molar-refractivity contribution is 6.05. The van der Waals surface area contributed by atoms with Gasteiger partial charge in [0.1, 0.15) is 6.04 Å². The summed E-state index contributed by atoms with van der Waals surface area (Å²) in [6.07, 6.45) is 5.28. The van der Waals surface area contributed by atoms with E-state index < -0.39 is 6.04 Å². The number of rotatable bonds is 5. The number of likely N-dealkylation sites (tertiary alicyclic amines) is 2. The number of nitrogens with two attached hydrogens (primary N) is 1. The highest BCUT2D eigenvalue weighted by Crippen LogP contribution is 2.31. The maximum absolute atomic E-state index is 13.3. The summed E-state index contributed by atoms with van der Waals surface area (Å²) in [5, 5.41) is 2.38. The van der Waals surface area contributed by atoms with Crippen LogP contribution in [0.3, 0.4) is 0 Å². The zero-order valence-electron chi connectivity index (χ0n) is 19.3. The van der Waals surface area contributed by atoms with E-state index in [-0.39, 0.29) is 24.1 Å². The van der Waals surface area contributed by atoms with Gasteiger partial charge in [-0.25, -0.2) is 0 Å². The van der Waals surface area contributed by atoms with E-state index in [1.54, 1.807) is 4.90 Å². The fourth-order valence-electron chi connectivity index (χ4n) is 5.89. The Morgan fingerprint density at radius 1 is 0.939 bits per heavy atom. The summed E-state index contributed by atoms with van der Waals surface area (Å²) >= 11 is 0. The summed E-state index contributed by atoms with van der Waals surface area (Å²) in [6, 6.07) is 5.87. The van der Waals surface area contributed by atoms with Gasteiger partial charge in [-0.3, -0.25) is 24.6 Å². The Labute approximate surface area is 195 Å². The van der Waals surface area contributed by atoms with Crippen molar-refractivity contribution < 1.29 is 14.4 Å². The Morgan fingerprint density at radius 2 is 1.67 bits per heavy atom. The van der Waals surface area contributed by atoms with Gasteiger partial charge in [-0.1, -0.05) is 18.2 Å². The third kappa shape index (κ3) is 4.83. The van der Waals surface area contributed by atoms with E-state index in [0.717, 1.165) is 68.2 Å². The van der Waals surface area contributed by atoms with Crippen LogP contribution < -0.4 is 11.1 Å². The number of carbonyl (C=O) groups excluding carboxylic acids is 3. The number of carbonyl (C=O) groups is 3. The van der Waals surface area contributed by atoms with Gasteiger partial charge in [-0.2, -0.15) is 0 Å². The van der Waals surface area contributed by atoms with E-state index in [4.69, 9.17) is 5.73 Å². The van der Waals surface area contributed by atoms with Crippen molar-refractivity contribution in [2.75, 3.05) is 32.7 Å². The molecule has 5 rings (SSSR count). The highest BCUT2D eigenvalue weighted by atomic mass is 16.2. The molecule has 3 amide bonds. The minimum atomic E-state index is -0.560. The van der Waals surface area contributed by atoms with Gasteiger partial charge in [0, 0.05) is 37.7 Å². The third-order valence-corrected chi connectivity index (χ3v) is 7.89. The molecule has 1 aromatic carbocycles. The smallest absolute Gasteiger partial charge is 0.255 e. The van der Waals surface area contributed by atoms with E-state index in [0.29, 0.717) is 19.0 Å². The number of piperidine rings is 3. The number of fused-ring (bicyclic) bond motifs is 1. The summed E-state index contributed by atoms with van der Waals surface area (Å²) in [5.41, 5.74) is 8.84. The van der Waals surface area contributed by atoms with Crippen LogP contribution in [0.1, 0.15) is 60.0 Å². The molecule has 33 heavy (non-hydrogen) atoms. The molecular weight excluding hydrogens is 418 g/mol. The van der Waals surface area contributed by atoms with Crippen LogP contribution in [0, 0.1) is 5.92 Å². The Balaban J connectivity index is 1.18. The zero-order valence-corrected chi connectivity index (χ0v) is 19.3. The van der Waals surface area contributed by atoms with Crippen LogP contribution in [0.15, 0.2) is 18.2 Å². The van der Waals surface area contributed by atoms with Crippen molar-refractivity contribution in [3.63, 3.8) is 0 Å². The predicted molar refractivity (Wildman–Crippen MR) is 124 cm³/mol. The standard InChI is InChI=1S/C25H35N5O3/c26-20-8-12-28(13-9-20)14-17-6-10-29(11-7-17)15-18-2-1-3-19-16-30(25(33)23(18)19)21-4-5-22(31)27-24(21)32/h1-3,17,20-21H,4-16,26H2,(H,27,31,32). The molecule has 1 atom stereocenters. The SMILES string of the molecule is NC1CCN(CC2CCN(Cc3cccc4c3C(=O)N(C3CCC(=O)NC3=O)C4)CC2)CC1. The Morgan fingerprint density at radius 3 is 2.39 bits per heavy atom. The van der Waals surface area contributed by atoms with Crippen molar-refractivity contribution in [2.45, 2.75) is 63.7 Å². The van der Waals surface area contributed by atoms with Crippen LogP contribution in [0.5, 0.6) is 0 Å². The van der Waals surface area contributed by atoms with Crippen molar-refractivity contribution in [1.29, 1.82) is 0 Å². The average Bonchev–Trinajstić information content (AvgIpc) is 3.14. The molecular formula is C25H35N5O3. The number of nitrogens with one attached hydrogen (secondary N) is 1. The largest absolute Gasteiger partial charge is 0.328 e. The first-order valence-corrected chi connectivity index (χ1v) is 12.4. The maximum Gasteiger partial charge on any atom is 0.255 e. The fourth-order valence-corrected chi connectivity index (χ4v) is 5.89. The average molecular weight is 454 g/mol. The molecule has 4 aliphatic rings. The quantitative estimate of drug-likeness (QED) is 0.648. The van der Waals surface area contributed by atoms with Crippen LogP contribution in [0.2, 0.25) is 0 Å². The molecule has 0 bridgehead atoms. The summed E-state index contributed by atoms with van der Waals surface area (Å²) in [4.78, 5) is 43.8. The summed E-state index contributed by atoms with van der Waals surface area (Å²) in [5.74, 6) is 0.0510. The highest BCUT2D eigenvalue weighted by Gasteiger charge is 2.40. The topological polar surface area (TPSA) is 99.0 Å². The number of benzene rings is 1. The van der Waals surface area contributed by atoms with Crippen LogP contribution >= 0.6 is 0 Å². The van der Waals surface area contributed by atoms with E-state index in [1.165, 1.54) is 19.4 Å². The summed E-state index contributed by atoms with van der Waals surface area (Å²) in [7, 11) is 0. The molecule has 0 saturated carbocycles. The number of hydrogen-bond donors (Lipinski definition) is 2. The van der Waals surface area contributed by atoms with E-state index in [9.17, 15) is 14.4 Å².